The van der Waals surface area contributed by atoms with Crippen molar-refractivity contribution in [3.63, 3.8) is 0 Å². The maximum atomic E-state index is 12.3. The second kappa shape index (κ2) is 11.2. The number of nitrogens with one attached hydrogen (secondary N) is 1. The van der Waals surface area contributed by atoms with E-state index in [1.54, 1.807) is 0 Å². The summed E-state index contributed by atoms with van der Waals surface area (Å²) in [6.45, 7) is 9.01. The molecule has 0 aliphatic carbocycles. The van der Waals surface area contributed by atoms with Gasteiger partial charge in [-0.3, -0.25) is 9.69 Å². The Morgan fingerprint density at radius 1 is 1.00 bits per heavy atom. The smallest absolute Gasteiger partial charge is 0.238 e. The fraction of sp³-hybridized carbons (Fsp3) is 0.632. The van der Waals surface area contributed by atoms with Gasteiger partial charge in [-0.1, -0.05) is 57.7 Å². The lowest BCUT2D eigenvalue weighted by atomic mass is 10.2. The summed E-state index contributed by atoms with van der Waals surface area (Å²) in [6, 6.07) is 7.94. The molecule has 22 heavy (non-hydrogen) atoms. The van der Waals surface area contributed by atoms with Crippen molar-refractivity contribution in [1.82, 2.24) is 4.90 Å². The van der Waals surface area contributed by atoms with Crippen molar-refractivity contribution < 1.29 is 4.79 Å². The molecule has 0 spiro atoms. The van der Waals surface area contributed by atoms with Crippen LogP contribution in [0.3, 0.4) is 0 Å². The van der Waals surface area contributed by atoms with Gasteiger partial charge in [0.1, 0.15) is 0 Å². The number of anilines is 1. The van der Waals surface area contributed by atoms with Gasteiger partial charge in [0.25, 0.3) is 0 Å². The summed E-state index contributed by atoms with van der Waals surface area (Å²) in [6.07, 6.45) is 7.28. The maximum Gasteiger partial charge on any atom is 0.238 e. The molecule has 0 aromatic heterocycles. The molecule has 1 aromatic rings. The molecule has 0 saturated heterocycles. The summed E-state index contributed by atoms with van der Waals surface area (Å²) < 4.78 is 0. The number of amides is 1. The van der Waals surface area contributed by atoms with Crippen LogP contribution in [-0.4, -0.2) is 30.4 Å². The highest BCUT2D eigenvalue weighted by molar-refractivity contribution is 5.92. The molecule has 0 radical (unpaired) electrons. The molecule has 1 aromatic carbocycles. The van der Waals surface area contributed by atoms with Crippen molar-refractivity contribution in [2.45, 2.75) is 59.3 Å². The highest BCUT2D eigenvalue weighted by Crippen LogP contribution is 2.13. The molecule has 0 bridgehead atoms. The van der Waals surface area contributed by atoms with Crippen molar-refractivity contribution in [3.8, 4) is 0 Å². The Morgan fingerprint density at radius 2 is 1.59 bits per heavy atom. The van der Waals surface area contributed by atoms with Crippen LogP contribution in [0.15, 0.2) is 24.3 Å². The molecule has 0 atom stereocenters. The number of carbonyl (C=O) groups is 1. The largest absolute Gasteiger partial charge is 0.325 e. The predicted molar refractivity (Wildman–Crippen MR) is 95.3 cm³/mol. The van der Waals surface area contributed by atoms with E-state index >= 15 is 0 Å². The van der Waals surface area contributed by atoms with Crippen molar-refractivity contribution in [2.24, 2.45) is 0 Å². The molecule has 0 unspecified atom stereocenters. The molecule has 0 heterocycles. The van der Waals surface area contributed by atoms with E-state index in [9.17, 15) is 4.79 Å². The third kappa shape index (κ3) is 7.60. The molecule has 0 aliphatic heterocycles. The summed E-state index contributed by atoms with van der Waals surface area (Å²) in [5.74, 6) is 0.0993. The van der Waals surface area contributed by atoms with Gasteiger partial charge in [0.05, 0.1) is 6.54 Å². The zero-order chi connectivity index (χ0) is 16.2. The van der Waals surface area contributed by atoms with E-state index in [-0.39, 0.29) is 5.91 Å². The number of unbranched alkanes of at least 4 members (excludes halogenated alkanes) is 4. The molecule has 1 N–H and O–H groups in total. The highest BCUT2D eigenvalue weighted by Gasteiger charge is 2.11. The molecule has 0 fully saturated rings. The van der Waals surface area contributed by atoms with E-state index in [0.29, 0.717) is 6.54 Å². The summed E-state index contributed by atoms with van der Waals surface area (Å²) in [7, 11) is 0. The van der Waals surface area contributed by atoms with Crippen molar-refractivity contribution in [2.75, 3.05) is 25.0 Å². The van der Waals surface area contributed by atoms with Gasteiger partial charge in [-0.2, -0.15) is 0 Å². The quantitative estimate of drug-likeness (QED) is 0.605. The van der Waals surface area contributed by atoms with Crippen LogP contribution in [0, 0.1) is 6.92 Å². The molecule has 0 saturated carbocycles. The lowest BCUT2D eigenvalue weighted by Crippen LogP contribution is -2.35. The van der Waals surface area contributed by atoms with Crippen LogP contribution < -0.4 is 5.32 Å². The summed E-state index contributed by atoms with van der Waals surface area (Å²) in [5.41, 5.74) is 2.04. The van der Waals surface area contributed by atoms with Gasteiger partial charge < -0.3 is 5.32 Å². The van der Waals surface area contributed by atoms with Crippen LogP contribution >= 0.6 is 0 Å². The first kappa shape index (κ1) is 18.7. The first-order valence-electron chi connectivity index (χ1n) is 8.75. The lowest BCUT2D eigenvalue weighted by Gasteiger charge is -2.22. The topological polar surface area (TPSA) is 32.3 Å². The van der Waals surface area contributed by atoms with E-state index in [1.807, 2.05) is 31.2 Å². The molecule has 1 amide bonds. The molecule has 124 valence electrons. The highest BCUT2D eigenvalue weighted by atomic mass is 16.2. The minimum Gasteiger partial charge on any atom is -0.325 e. The predicted octanol–water partition coefficient (Wildman–Crippen LogP) is 4.62. The standard InChI is InChI=1S/C19H32N2O/c1-4-6-10-14-21(15-11-7-5-2)16-19(22)20-18-13-9-8-12-17(18)3/h8-9,12-13H,4-7,10-11,14-16H2,1-3H3,(H,20,22). The number of hydrogen-bond acceptors (Lipinski definition) is 2. The molecular weight excluding hydrogens is 272 g/mol. The first-order valence-corrected chi connectivity index (χ1v) is 8.75. The Hall–Kier alpha value is -1.35. The Labute approximate surface area is 136 Å². The summed E-state index contributed by atoms with van der Waals surface area (Å²) >= 11 is 0. The van der Waals surface area contributed by atoms with E-state index in [4.69, 9.17) is 0 Å². The van der Waals surface area contributed by atoms with Crippen LogP contribution in [0.1, 0.15) is 57.9 Å². The van der Waals surface area contributed by atoms with E-state index in [1.165, 1.54) is 38.5 Å². The van der Waals surface area contributed by atoms with Crippen LogP contribution in [-0.2, 0) is 4.79 Å². The molecule has 3 heteroatoms. The zero-order valence-corrected chi connectivity index (χ0v) is 14.5. The minimum atomic E-state index is 0.0993. The Bertz CT molecular complexity index is 421. The Kier molecular flexibility index (Phi) is 9.56. The number of carbonyl (C=O) groups excluding carboxylic acids is 1. The summed E-state index contributed by atoms with van der Waals surface area (Å²) in [4.78, 5) is 14.6. The van der Waals surface area contributed by atoms with Crippen LogP contribution in [0.2, 0.25) is 0 Å². The number of nitrogens with zero attached hydrogens (tertiary/aromatic N) is 1. The van der Waals surface area contributed by atoms with Gasteiger partial charge >= 0.3 is 0 Å². The van der Waals surface area contributed by atoms with Crippen LogP contribution in [0.25, 0.3) is 0 Å². The van der Waals surface area contributed by atoms with E-state index in [2.05, 4.69) is 24.1 Å². The number of aryl methyl sites for hydroxylation is 1. The Balaban J connectivity index is 2.47. The monoisotopic (exact) mass is 304 g/mol. The van der Waals surface area contributed by atoms with Gasteiger partial charge in [-0.25, -0.2) is 0 Å². The third-order valence-corrected chi connectivity index (χ3v) is 3.94. The average molecular weight is 304 g/mol. The molecule has 3 nitrogen and oxygen atoms in total. The SMILES string of the molecule is CCCCCN(CCCCC)CC(=O)Nc1ccccc1C. The number of hydrogen-bond donors (Lipinski definition) is 1. The van der Waals surface area contributed by atoms with Gasteiger partial charge in [0.2, 0.25) is 5.91 Å². The summed E-state index contributed by atoms with van der Waals surface area (Å²) in [5, 5.41) is 3.04. The van der Waals surface area contributed by atoms with Gasteiger partial charge in [-0.15, -0.1) is 0 Å². The van der Waals surface area contributed by atoms with Crippen molar-refractivity contribution in [3.05, 3.63) is 29.8 Å². The fourth-order valence-corrected chi connectivity index (χ4v) is 2.55. The minimum absolute atomic E-state index is 0.0993. The Morgan fingerprint density at radius 3 is 2.14 bits per heavy atom. The number of benzene rings is 1. The van der Waals surface area contributed by atoms with E-state index < -0.39 is 0 Å². The first-order chi connectivity index (χ1) is 10.7. The van der Waals surface area contributed by atoms with E-state index in [0.717, 1.165) is 24.3 Å². The van der Waals surface area contributed by atoms with Crippen molar-refractivity contribution >= 4 is 11.6 Å². The second-order valence-electron chi connectivity index (χ2n) is 6.05. The number of para-hydroxylation sites is 1. The van der Waals surface area contributed by atoms with Crippen LogP contribution in [0.4, 0.5) is 5.69 Å². The maximum absolute atomic E-state index is 12.3. The fourth-order valence-electron chi connectivity index (χ4n) is 2.55. The van der Waals surface area contributed by atoms with Gasteiger partial charge in [0, 0.05) is 5.69 Å². The zero-order valence-electron chi connectivity index (χ0n) is 14.5. The van der Waals surface area contributed by atoms with Crippen molar-refractivity contribution in [1.29, 1.82) is 0 Å². The van der Waals surface area contributed by atoms with Crippen LogP contribution in [0.5, 0.6) is 0 Å². The lowest BCUT2D eigenvalue weighted by molar-refractivity contribution is -0.117. The normalized spacial score (nSPS) is 10.9. The van der Waals surface area contributed by atoms with Gasteiger partial charge in [-0.05, 0) is 44.5 Å². The molecular formula is C19H32N2O. The second-order valence-corrected chi connectivity index (χ2v) is 6.05. The number of rotatable bonds is 11. The van der Waals surface area contributed by atoms with Gasteiger partial charge in [0.15, 0.2) is 0 Å². The molecule has 1 rings (SSSR count). The average Bonchev–Trinajstić information content (AvgIpc) is 2.50. The molecule has 0 aliphatic rings. The third-order valence-electron chi connectivity index (χ3n) is 3.94.